The third-order valence-corrected chi connectivity index (χ3v) is 6.39. The van der Waals surface area contributed by atoms with Crippen LogP contribution in [0.4, 0.5) is 5.69 Å². The monoisotopic (exact) mass is 495 g/mol. The van der Waals surface area contributed by atoms with E-state index in [1.165, 1.54) is 11.9 Å². The van der Waals surface area contributed by atoms with E-state index in [1.807, 2.05) is 0 Å². The Morgan fingerprint density at radius 2 is 1.73 bits per heavy atom. The molecule has 0 aliphatic carbocycles. The fourth-order valence-electron chi connectivity index (χ4n) is 3.41. The molecule has 0 heterocycles. The molecule has 2 amide bonds. The molecule has 1 atom stereocenters. The van der Waals surface area contributed by atoms with Crippen molar-refractivity contribution in [1.29, 1.82) is 0 Å². The van der Waals surface area contributed by atoms with Gasteiger partial charge in [0.25, 0.3) is 0 Å². The van der Waals surface area contributed by atoms with Crippen LogP contribution in [0.25, 0.3) is 0 Å². The second kappa shape index (κ2) is 11.9. The number of nitrogens with zero attached hydrogens (tertiary/aromatic N) is 2. The Balaban J connectivity index is 2.46. The summed E-state index contributed by atoms with van der Waals surface area (Å²) in [6, 6.07) is 12.8. The van der Waals surface area contributed by atoms with Gasteiger partial charge in [-0.3, -0.25) is 13.9 Å². The topological polar surface area (TPSA) is 96.0 Å². The third-order valence-electron chi connectivity index (χ3n) is 5.01. The summed E-state index contributed by atoms with van der Waals surface area (Å²) in [5, 5.41) is 3.13. The predicted octanol–water partition coefficient (Wildman–Crippen LogP) is 3.06. The van der Waals surface area contributed by atoms with E-state index >= 15 is 0 Å². The maximum Gasteiger partial charge on any atom is 0.244 e. The molecular formula is C23H30ClN3O5S. The van der Waals surface area contributed by atoms with Crippen molar-refractivity contribution < 1.29 is 22.7 Å². The number of ether oxygens (including phenoxy) is 1. The van der Waals surface area contributed by atoms with Crippen LogP contribution in [0, 0.1) is 0 Å². The second-order valence-corrected chi connectivity index (χ2v) is 9.70. The second-order valence-electron chi connectivity index (χ2n) is 7.36. The Kier molecular flexibility index (Phi) is 9.55. The molecule has 0 saturated heterocycles. The van der Waals surface area contributed by atoms with Crippen molar-refractivity contribution in [1.82, 2.24) is 10.2 Å². The molecule has 33 heavy (non-hydrogen) atoms. The van der Waals surface area contributed by atoms with Crippen molar-refractivity contribution in [3.63, 3.8) is 0 Å². The zero-order valence-electron chi connectivity index (χ0n) is 19.2. The number of rotatable bonds is 11. The van der Waals surface area contributed by atoms with E-state index in [9.17, 15) is 18.0 Å². The number of hydrogen-bond donors (Lipinski definition) is 1. The van der Waals surface area contributed by atoms with Gasteiger partial charge in [-0.25, -0.2) is 8.42 Å². The normalized spacial score (nSPS) is 12.0. The Labute approximate surface area is 200 Å². The van der Waals surface area contributed by atoms with Crippen molar-refractivity contribution in [3.05, 3.63) is 59.1 Å². The Bertz CT molecular complexity index is 1060. The number of anilines is 1. The van der Waals surface area contributed by atoms with Crippen LogP contribution in [-0.4, -0.2) is 57.6 Å². The Hall–Kier alpha value is -2.78. The van der Waals surface area contributed by atoms with Gasteiger partial charge in [-0.1, -0.05) is 42.8 Å². The number of carbonyl (C=O) groups is 2. The van der Waals surface area contributed by atoms with Gasteiger partial charge in [-0.15, -0.1) is 0 Å². The summed E-state index contributed by atoms with van der Waals surface area (Å²) in [7, 11) is -2.34. The largest absolute Gasteiger partial charge is 0.492 e. The number of benzene rings is 2. The molecule has 0 fully saturated rings. The van der Waals surface area contributed by atoms with Crippen molar-refractivity contribution >= 4 is 39.1 Å². The lowest BCUT2D eigenvalue weighted by Gasteiger charge is -2.32. The Morgan fingerprint density at radius 3 is 2.27 bits per heavy atom. The van der Waals surface area contributed by atoms with Crippen molar-refractivity contribution in [2.75, 3.05) is 30.8 Å². The fraction of sp³-hybridized carbons (Fsp3) is 0.391. The van der Waals surface area contributed by atoms with Crippen molar-refractivity contribution in [2.24, 2.45) is 0 Å². The molecule has 2 aromatic carbocycles. The SMILES string of the molecule is CCOc1ccccc1N(CC(=O)N(Cc1ccc(Cl)cc1)C(CC)C(=O)NC)S(C)(=O)=O. The lowest BCUT2D eigenvalue weighted by Crippen LogP contribution is -2.51. The molecule has 0 bridgehead atoms. The van der Waals surface area contributed by atoms with Crippen LogP contribution >= 0.6 is 11.6 Å². The van der Waals surface area contributed by atoms with Crippen LogP contribution in [-0.2, 0) is 26.2 Å². The van der Waals surface area contributed by atoms with Crippen molar-refractivity contribution in [3.8, 4) is 5.75 Å². The third kappa shape index (κ3) is 7.10. The van der Waals surface area contributed by atoms with Gasteiger partial charge >= 0.3 is 0 Å². The molecule has 0 saturated carbocycles. The average molecular weight is 496 g/mol. The van der Waals surface area contributed by atoms with Crippen LogP contribution in [0.3, 0.4) is 0 Å². The van der Waals surface area contributed by atoms with Gasteiger partial charge in [0.05, 0.1) is 18.6 Å². The Morgan fingerprint density at radius 1 is 1.09 bits per heavy atom. The lowest BCUT2D eigenvalue weighted by molar-refractivity contribution is -0.140. The van der Waals surface area contributed by atoms with Crippen LogP contribution in [0.1, 0.15) is 25.8 Å². The zero-order chi connectivity index (χ0) is 24.6. The van der Waals surface area contributed by atoms with E-state index in [4.69, 9.17) is 16.3 Å². The fourth-order valence-corrected chi connectivity index (χ4v) is 4.39. The predicted molar refractivity (Wildman–Crippen MR) is 130 cm³/mol. The standard InChI is InChI=1S/C23H30ClN3O5S/c1-5-19(23(29)25-3)26(15-17-11-13-18(24)14-12-17)22(28)16-27(33(4,30)31)20-9-7-8-10-21(20)32-6-2/h7-14,19H,5-6,15-16H2,1-4H3,(H,25,29). The molecule has 180 valence electrons. The maximum atomic E-state index is 13.5. The number of nitrogens with one attached hydrogen (secondary N) is 1. The number of halogens is 1. The highest BCUT2D eigenvalue weighted by molar-refractivity contribution is 7.92. The summed E-state index contributed by atoms with van der Waals surface area (Å²) in [4.78, 5) is 27.4. The molecule has 2 aromatic rings. The smallest absolute Gasteiger partial charge is 0.244 e. The van der Waals surface area contributed by atoms with Gasteiger partial charge in [-0.2, -0.15) is 0 Å². The summed E-state index contributed by atoms with van der Waals surface area (Å²) >= 11 is 5.97. The van der Waals surface area contributed by atoms with E-state index in [2.05, 4.69) is 5.32 Å². The van der Waals surface area contributed by atoms with Gasteiger partial charge < -0.3 is 15.0 Å². The quantitative estimate of drug-likeness (QED) is 0.517. The zero-order valence-corrected chi connectivity index (χ0v) is 20.8. The van der Waals surface area contributed by atoms with E-state index in [0.717, 1.165) is 16.1 Å². The summed E-state index contributed by atoms with van der Waals surface area (Å²) in [5.74, 6) is -0.501. The van der Waals surface area contributed by atoms with Crippen LogP contribution in [0.2, 0.25) is 5.02 Å². The summed E-state index contributed by atoms with van der Waals surface area (Å²) < 4.78 is 31.9. The molecule has 1 N–H and O–H groups in total. The van der Waals surface area contributed by atoms with E-state index < -0.39 is 28.5 Å². The number of carbonyl (C=O) groups excluding carboxylic acids is 2. The number of sulfonamides is 1. The van der Waals surface area contributed by atoms with E-state index in [1.54, 1.807) is 62.4 Å². The van der Waals surface area contributed by atoms with Crippen molar-refractivity contribution in [2.45, 2.75) is 32.9 Å². The summed E-state index contributed by atoms with van der Waals surface area (Å²) in [5.41, 5.74) is 1.02. The van der Waals surface area contributed by atoms with E-state index in [0.29, 0.717) is 23.8 Å². The molecule has 0 spiro atoms. The summed E-state index contributed by atoms with van der Waals surface area (Å²) in [6.45, 7) is 3.55. The molecule has 0 radical (unpaired) electrons. The van der Waals surface area contributed by atoms with Gasteiger partial charge in [0.2, 0.25) is 21.8 Å². The van der Waals surface area contributed by atoms with E-state index in [-0.39, 0.29) is 18.1 Å². The summed E-state index contributed by atoms with van der Waals surface area (Å²) in [6.07, 6.45) is 1.38. The van der Waals surface area contributed by atoms with Crippen LogP contribution in [0.15, 0.2) is 48.5 Å². The highest BCUT2D eigenvalue weighted by atomic mass is 35.5. The first kappa shape index (κ1) is 26.5. The molecule has 2 rings (SSSR count). The van der Waals surface area contributed by atoms with Gasteiger partial charge in [0.1, 0.15) is 18.3 Å². The number of para-hydroxylation sites is 2. The first-order valence-corrected chi connectivity index (χ1v) is 12.8. The molecule has 10 heteroatoms. The minimum atomic E-state index is -3.84. The molecular weight excluding hydrogens is 466 g/mol. The van der Waals surface area contributed by atoms with Gasteiger partial charge in [0, 0.05) is 18.6 Å². The lowest BCUT2D eigenvalue weighted by atomic mass is 10.1. The number of likely N-dealkylation sites (N-methyl/N-ethyl adjacent to an activating group) is 1. The van der Waals surface area contributed by atoms with Gasteiger partial charge in [0.15, 0.2) is 0 Å². The minimum absolute atomic E-state index is 0.118. The van der Waals surface area contributed by atoms with Crippen LogP contribution in [0.5, 0.6) is 5.75 Å². The minimum Gasteiger partial charge on any atom is -0.492 e. The molecule has 1 unspecified atom stereocenters. The average Bonchev–Trinajstić information content (AvgIpc) is 2.78. The molecule has 8 nitrogen and oxygen atoms in total. The highest BCUT2D eigenvalue weighted by Gasteiger charge is 2.32. The first-order chi connectivity index (χ1) is 15.6. The maximum absolute atomic E-state index is 13.5. The molecule has 0 aromatic heterocycles. The number of hydrogen-bond acceptors (Lipinski definition) is 5. The molecule has 0 aliphatic rings. The highest BCUT2D eigenvalue weighted by Crippen LogP contribution is 2.30. The first-order valence-electron chi connectivity index (χ1n) is 10.6. The van der Waals surface area contributed by atoms with Crippen LogP contribution < -0.4 is 14.4 Å². The molecule has 0 aliphatic heterocycles. The van der Waals surface area contributed by atoms with Gasteiger partial charge in [-0.05, 0) is 43.2 Å². The number of amides is 2.